The van der Waals surface area contributed by atoms with Gasteiger partial charge in [-0.25, -0.2) is 0 Å². The summed E-state index contributed by atoms with van der Waals surface area (Å²) < 4.78 is 1.04. The first-order valence-electron chi connectivity index (χ1n) is 3.16. The highest BCUT2D eigenvalue weighted by Crippen LogP contribution is 2.10. The van der Waals surface area contributed by atoms with E-state index in [1.807, 2.05) is 13.0 Å². The molecule has 1 aromatic rings. The molecule has 1 aromatic carbocycles. The highest BCUT2D eigenvalue weighted by molar-refractivity contribution is 14.1. The quantitative estimate of drug-likeness (QED) is 0.768. The van der Waals surface area contributed by atoms with Crippen molar-refractivity contribution in [2.24, 2.45) is 5.73 Å². The molecule has 0 heterocycles. The zero-order chi connectivity index (χ0) is 8.43. The van der Waals surface area contributed by atoms with Crippen LogP contribution >= 0.6 is 22.6 Å². The maximum absolute atomic E-state index is 10.7. The largest absolute Gasteiger partial charge is 0.366 e. The average Bonchev–Trinajstić information content (AvgIpc) is 1.85. The molecule has 3 heteroatoms. The molecule has 0 aliphatic rings. The Kier molecular flexibility index (Phi) is 2.49. The van der Waals surface area contributed by atoms with Crippen molar-refractivity contribution in [2.75, 3.05) is 0 Å². The van der Waals surface area contributed by atoms with Gasteiger partial charge in [-0.15, -0.1) is 0 Å². The van der Waals surface area contributed by atoms with Crippen LogP contribution in [0.3, 0.4) is 0 Å². The number of nitrogens with two attached hydrogens (primary N) is 1. The molecule has 0 fully saturated rings. The molecule has 0 bridgehead atoms. The summed E-state index contributed by atoms with van der Waals surface area (Å²) in [5.41, 5.74) is 6.75. The van der Waals surface area contributed by atoms with Gasteiger partial charge in [0.1, 0.15) is 0 Å². The molecule has 0 aliphatic carbocycles. The highest BCUT2D eigenvalue weighted by Gasteiger charge is 2.00. The van der Waals surface area contributed by atoms with Gasteiger partial charge in [0.2, 0.25) is 5.91 Å². The van der Waals surface area contributed by atoms with E-state index in [1.54, 1.807) is 12.1 Å². The van der Waals surface area contributed by atoms with Crippen LogP contribution in [0, 0.1) is 10.5 Å². The molecule has 0 radical (unpaired) electrons. The van der Waals surface area contributed by atoms with Gasteiger partial charge in [-0.1, -0.05) is 0 Å². The van der Waals surface area contributed by atoms with Crippen molar-refractivity contribution in [3.63, 3.8) is 0 Å². The van der Waals surface area contributed by atoms with Crippen LogP contribution in [0.25, 0.3) is 0 Å². The first-order valence-corrected chi connectivity index (χ1v) is 4.24. The van der Waals surface area contributed by atoms with Crippen molar-refractivity contribution in [3.8, 4) is 0 Å². The van der Waals surface area contributed by atoms with Crippen LogP contribution in [0.4, 0.5) is 0 Å². The topological polar surface area (TPSA) is 43.1 Å². The Hall–Kier alpha value is -0.580. The molecule has 1 rings (SSSR count). The third kappa shape index (κ3) is 2.18. The Balaban J connectivity index is 3.19. The van der Waals surface area contributed by atoms with Crippen molar-refractivity contribution in [2.45, 2.75) is 6.92 Å². The van der Waals surface area contributed by atoms with E-state index in [0.29, 0.717) is 5.56 Å². The van der Waals surface area contributed by atoms with E-state index in [9.17, 15) is 4.79 Å². The third-order valence-electron chi connectivity index (χ3n) is 1.33. The van der Waals surface area contributed by atoms with Gasteiger partial charge < -0.3 is 5.73 Å². The van der Waals surface area contributed by atoms with Crippen LogP contribution < -0.4 is 5.73 Å². The number of carbonyl (C=O) groups excluding carboxylic acids is 1. The van der Waals surface area contributed by atoms with Crippen molar-refractivity contribution in [1.29, 1.82) is 0 Å². The Morgan fingerprint density at radius 3 is 2.55 bits per heavy atom. The van der Waals surface area contributed by atoms with Gasteiger partial charge in [0.05, 0.1) is 0 Å². The molecule has 0 unspecified atom stereocenters. The zero-order valence-corrected chi connectivity index (χ0v) is 8.25. The van der Waals surface area contributed by atoms with Gasteiger partial charge in [-0.05, 0) is 53.3 Å². The molecule has 2 N–H and O–H groups in total. The van der Waals surface area contributed by atoms with Crippen LogP contribution in [0.5, 0.6) is 0 Å². The number of carbonyl (C=O) groups is 1. The molecule has 0 atom stereocenters. The standard InChI is InChI=1S/C8H8INO/c1-5-2-6(8(10)11)4-7(9)3-5/h2-4H,1H3,(H2,10,11). The van der Waals surface area contributed by atoms with Crippen molar-refractivity contribution >= 4 is 28.5 Å². The molecular weight excluding hydrogens is 253 g/mol. The SMILES string of the molecule is Cc1cc(I)cc(C(N)=O)c1. The molecule has 58 valence electrons. The summed E-state index contributed by atoms with van der Waals surface area (Å²) in [5.74, 6) is -0.369. The summed E-state index contributed by atoms with van der Waals surface area (Å²) >= 11 is 2.16. The summed E-state index contributed by atoms with van der Waals surface area (Å²) in [6.07, 6.45) is 0. The van der Waals surface area contributed by atoms with Crippen LogP contribution in [-0.4, -0.2) is 5.91 Å². The lowest BCUT2D eigenvalue weighted by molar-refractivity contribution is 0.1000. The maximum Gasteiger partial charge on any atom is 0.248 e. The average molecular weight is 261 g/mol. The van der Waals surface area contributed by atoms with Gasteiger partial charge in [-0.2, -0.15) is 0 Å². The van der Waals surface area contributed by atoms with E-state index < -0.39 is 0 Å². The monoisotopic (exact) mass is 261 g/mol. The zero-order valence-electron chi connectivity index (χ0n) is 6.10. The number of aryl methyl sites for hydroxylation is 1. The molecule has 0 aromatic heterocycles. The third-order valence-corrected chi connectivity index (χ3v) is 1.95. The highest BCUT2D eigenvalue weighted by atomic mass is 127. The van der Waals surface area contributed by atoms with Gasteiger partial charge >= 0.3 is 0 Å². The van der Waals surface area contributed by atoms with Crippen molar-refractivity contribution in [3.05, 3.63) is 32.9 Å². The predicted octanol–water partition coefficient (Wildman–Crippen LogP) is 1.70. The molecule has 0 spiro atoms. The summed E-state index contributed by atoms with van der Waals surface area (Å²) in [7, 11) is 0. The van der Waals surface area contributed by atoms with E-state index >= 15 is 0 Å². The maximum atomic E-state index is 10.7. The fourth-order valence-electron chi connectivity index (χ4n) is 0.879. The van der Waals surface area contributed by atoms with Crippen LogP contribution in [0.15, 0.2) is 18.2 Å². The first kappa shape index (κ1) is 8.52. The Morgan fingerprint density at radius 2 is 2.09 bits per heavy atom. The van der Waals surface area contributed by atoms with Crippen LogP contribution in [0.1, 0.15) is 15.9 Å². The Bertz CT molecular complexity index is 276. The fraction of sp³-hybridized carbons (Fsp3) is 0.125. The summed E-state index contributed by atoms with van der Waals surface area (Å²) in [6, 6.07) is 5.55. The van der Waals surface area contributed by atoms with E-state index in [4.69, 9.17) is 5.73 Å². The molecule has 1 amide bonds. The van der Waals surface area contributed by atoms with E-state index in [1.165, 1.54) is 0 Å². The normalized spacial score (nSPS) is 9.64. The van der Waals surface area contributed by atoms with Gasteiger partial charge in [-0.3, -0.25) is 4.79 Å². The number of amides is 1. The minimum atomic E-state index is -0.369. The molecule has 2 nitrogen and oxygen atoms in total. The van der Waals surface area contributed by atoms with Crippen LogP contribution in [-0.2, 0) is 0 Å². The first-order chi connectivity index (χ1) is 5.09. The number of rotatable bonds is 1. The minimum Gasteiger partial charge on any atom is -0.366 e. The second-order valence-corrected chi connectivity index (χ2v) is 3.63. The molecular formula is C8H8INO. The van der Waals surface area contributed by atoms with Crippen LogP contribution in [0.2, 0.25) is 0 Å². The second-order valence-electron chi connectivity index (χ2n) is 2.38. The van der Waals surface area contributed by atoms with E-state index in [0.717, 1.165) is 9.13 Å². The van der Waals surface area contributed by atoms with Gasteiger partial charge in [0, 0.05) is 9.13 Å². The minimum absolute atomic E-state index is 0.369. The Morgan fingerprint density at radius 1 is 1.45 bits per heavy atom. The summed E-state index contributed by atoms with van der Waals surface area (Å²) in [6.45, 7) is 1.94. The lowest BCUT2D eigenvalue weighted by Gasteiger charge is -1.98. The fourth-order valence-corrected chi connectivity index (χ4v) is 1.71. The second kappa shape index (κ2) is 3.21. The number of hydrogen-bond donors (Lipinski definition) is 1. The van der Waals surface area contributed by atoms with E-state index in [-0.39, 0.29) is 5.91 Å². The summed E-state index contributed by atoms with van der Waals surface area (Å²) in [4.78, 5) is 10.7. The molecule has 0 saturated heterocycles. The number of primary amides is 1. The number of halogens is 1. The summed E-state index contributed by atoms with van der Waals surface area (Å²) in [5, 5.41) is 0. The van der Waals surface area contributed by atoms with E-state index in [2.05, 4.69) is 22.6 Å². The van der Waals surface area contributed by atoms with Gasteiger partial charge in [0.25, 0.3) is 0 Å². The van der Waals surface area contributed by atoms with Gasteiger partial charge in [0.15, 0.2) is 0 Å². The molecule has 0 aliphatic heterocycles. The predicted molar refractivity (Wildman–Crippen MR) is 52.4 cm³/mol. The van der Waals surface area contributed by atoms with Crippen molar-refractivity contribution in [1.82, 2.24) is 0 Å². The smallest absolute Gasteiger partial charge is 0.248 e. The number of hydrogen-bond acceptors (Lipinski definition) is 1. The molecule has 11 heavy (non-hydrogen) atoms. The lowest BCUT2D eigenvalue weighted by atomic mass is 10.1. The lowest BCUT2D eigenvalue weighted by Crippen LogP contribution is -2.11. The molecule has 0 saturated carbocycles. The Labute approximate surface area is 78.9 Å². The van der Waals surface area contributed by atoms with Crippen molar-refractivity contribution < 1.29 is 4.79 Å². The number of benzene rings is 1.